The van der Waals surface area contributed by atoms with Crippen LogP contribution >= 0.6 is 0 Å². The first-order valence-corrected chi connectivity index (χ1v) is 4.13. The summed E-state index contributed by atoms with van der Waals surface area (Å²) in [5.74, 6) is 0. The zero-order valence-electron chi connectivity index (χ0n) is 7.14. The average molecular weight is 174 g/mol. The highest BCUT2D eigenvalue weighted by atomic mass is 15.4. The first-order valence-electron chi connectivity index (χ1n) is 4.13. The third-order valence-corrected chi connectivity index (χ3v) is 1.97. The minimum absolute atomic E-state index is 0.571. The second-order valence-corrected chi connectivity index (χ2v) is 2.84. The molecule has 1 aliphatic heterocycles. The SMILES string of the molecule is NCc1ccc(C2=NN=NC2)cc1. The molecule has 66 valence electrons. The fourth-order valence-corrected chi connectivity index (χ4v) is 1.20. The molecule has 0 saturated carbocycles. The maximum absolute atomic E-state index is 5.49. The van der Waals surface area contributed by atoms with Crippen LogP contribution in [0.15, 0.2) is 39.7 Å². The van der Waals surface area contributed by atoms with E-state index >= 15 is 0 Å². The van der Waals surface area contributed by atoms with Gasteiger partial charge in [-0.25, -0.2) is 0 Å². The van der Waals surface area contributed by atoms with E-state index in [-0.39, 0.29) is 0 Å². The van der Waals surface area contributed by atoms with E-state index in [0.717, 1.165) is 16.8 Å². The molecule has 1 aromatic rings. The van der Waals surface area contributed by atoms with Crippen LogP contribution in [0.25, 0.3) is 0 Å². The highest BCUT2D eigenvalue weighted by Crippen LogP contribution is 2.08. The molecule has 0 amide bonds. The lowest BCUT2D eigenvalue weighted by molar-refractivity contribution is 1.06. The van der Waals surface area contributed by atoms with Gasteiger partial charge in [-0.2, -0.15) is 5.11 Å². The molecule has 0 atom stereocenters. The van der Waals surface area contributed by atoms with Gasteiger partial charge in [-0.05, 0) is 16.4 Å². The molecule has 1 aromatic carbocycles. The zero-order valence-corrected chi connectivity index (χ0v) is 7.14. The quantitative estimate of drug-likeness (QED) is 0.722. The molecule has 0 unspecified atom stereocenters. The summed E-state index contributed by atoms with van der Waals surface area (Å²) in [6.45, 7) is 1.16. The van der Waals surface area contributed by atoms with E-state index in [4.69, 9.17) is 5.73 Å². The van der Waals surface area contributed by atoms with Crippen LogP contribution in [0.4, 0.5) is 0 Å². The van der Waals surface area contributed by atoms with Crippen LogP contribution in [0, 0.1) is 0 Å². The Bertz CT molecular complexity index is 350. The number of nitrogens with zero attached hydrogens (tertiary/aromatic N) is 3. The molecule has 1 aliphatic rings. The maximum atomic E-state index is 5.49. The highest BCUT2D eigenvalue weighted by Gasteiger charge is 2.06. The van der Waals surface area contributed by atoms with Crippen molar-refractivity contribution in [2.45, 2.75) is 6.54 Å². The van der Waals surface area contributed by atoms with Crippen molar-refractivity contribution in [3.8, 4) is 0 Å². The Morgan fingerprint density at radius 1 is 1.23 bits per heavy atom. The molecule has 1 heterocycles. The van der Waals surface area contributed by atoms with Crippen molar-refractivity contribution in [1.29, 1.82) is 0 Å². The third-order valence-electron chi connectivity index (χ3n) is 1.97. The molecule has 4 heteroatoms. The van der Waals surface area contributed by atoms with Gasteiger partial charge in [-0.1, -0.05) is 24.3 Å². The van der Waals surface area contributed by atoms with Crippen molar-refractivity contribution >= 4 is 5.71 Å². The Hall–Kier alpha value is -1.55. The van der Waals surface area contributed by atoms with Gasteiger partial charge in [0, 0.05) is 6.54 Å². The van der Waals surface area contributed by atoms with Gasteiger partial charge < -0.3 is 5.73 Å². The second kappa shape index (κ2) is 3.45. The summed E-state index contributed by atoms with van der Waals surface area (Å²) in [5, 5.41) is 11.3. The zero-order chi connectivity index (χ0) is 9.10. The molecule has 4 nitrogen and oxygen atoms in total. The summed E-state index contributed by atoms with van der Waals surface area (Å²) >= 11 is 0. The lowest BCUT2D eigenvalue weighted by Crippen LogP contribution is -2.02. The van der Waals surface area contributed by atoms with Gasteiger partial charge in [0.05, 0.1) is 5.71 Å². The van der Waals surface area contributed by atoms with Gasteiger partial charge in [0.2, 0.25) is 0 Å². The lowest BCUT2D eigenvalue weighted by Gasteiger charge is -1.99. The van der Waals surface area contributed by atoms with E-state index in [0.29, 0.717) is 13.1 Å². The predicted octanol–water partition coefficient (Wildman–Crippen LogP) is 1.32. The molecule has 0 aromatic heterocycles. The Balaban J connectivity index is 2.23. The Kier molecular flexibility index (Phi) is 2.14. The molecular weight excluding hydrogens is 164 g/mol. The minimum Gasteiger partial charge on any atom is -0.326 e. The van der Waals surface area contributed by atoms with Gasteiger partial charge in [-0.3, -0.25) is 0 Å². The summed E-state index contributed by atoms with van der Waals surface area (Å²) in [4.78, 5) is 0. The number of benzene rings is 1. The molecule has 2 rings (SSSR count). The van der Waals surface area contributed by atoms with E-state index in [1.165, 1.54) is 0 Å². The van der Waals surface area contributed by atoms with Crippen LogP contribution in [0.5, 0.6) is 0 Å². The van der Waals surface area contributed by atoms with Crippen molar-refractivity contribution in [2.75, 3.05) is 6.54 Å². The van der Waals surface area contributed by atoms with Gasteiger partial charge in [-0.15, -0.1) is 5.10 Å². The van der Waals surface area contributed by atoms with Crippen LogP contribution in [0.1, 0.15) is 11.1 Å². The maximum Gasteiger partial charge on any atom is 0.107 e. The van der Waals surface area contributed by atoms with Gasteiger partial charge >= 0.3 is 0 Å². The summed E-state index contributed by atoms with van der Waals surface area (Å²) < 4.78 is 0. The van der Waals surface area contributed by atoms with E-state index in [1.54, 1.807) is 0 Å². The van der Waals surface area contributed by atoms with Crippen molar-refractivity contribution in [3.63, 3.8) is 0 Å². The summed E-state index contributed by atoms with van der Waals surface area (Å²) in [6, 6.07) is 7.99. The number of rotatable bonds is 2. The summed E-state index contributed by atoms with van der Waals surface area (Å²) in [5.41, 5.74) is 8.60. The Morgan fingerprint density at radius 3 is 2.54 bits per heavy atom. The van der Waals surface area contributed by atoms with Crippen LogP contribution < -0.4 is 5.73 Å². The molecule has 2 N–H and O–H groups in total. The van der Waals surface area contributed by atoms with E-state index in [9.17, 15) is 0 Å². The molecule has 0 fully saturated rings. The average Bonchev–Trinajstić information content (AvgIpc) is 2.71. The van der Waals surface area contributed by atoms with Gasteiger partial charge in [0.15, 0.2) is 0 Å². The molecule has 0 spiro atoms. The molecule has 0 radical (unpaired) electrons. The monoisotopic (exact) mass is 174 g/mol. The van der Waals surface area contributed by atoms with Crippen LogP contribution in [0.2, 0.25) is 0 Å². The third kappa shape index (κ3) is 1.62. The second-order valence-electron chi connectivity index (χ2n) is 2.84. The predicted molar refractivity (Wildman–Crippen MR) is 50.6 cm³/mol. The van der Waals surface area contributed by atoms with Crippen molar-refractivity contribution in [2.24, 2.45) is 21.2 Å². The largest absolute Gasteiger partial charge is 0.326 e. The van der Waals surface area contributed by atoms with E-state index < -0.39 is 0 Å². The van der Waals surface area contributed by atoms with Crippen molar-refractivity contribution in [1.82, 2.24) is 0 Å². The van der Waals surface area contributed by atoms with Crippen LogP contribution in [-0.2, 0) is 6.54 Å². The normalized spacial score (nSPS) is 14.7. The highest BCUT2D eigenvalue weighted by molar-refractivity contribution is 6.02. The van der Waals surface area contributed by atoms with Gasteiger partial charge in [0.25, 0.3) is 0 Å². The Morgan fingerprint density at radius 2 is 2.00 bits per heavy atom. The summed E-state index contributed by atoms with van der Waals surface area (Å²) in [6.07, 6.45) is 0. The summed E-state index contributed by atoms with van der Waals surface area (Å²) in [7, 11) is 0. The van der Waals surface area contributed by atoms with Gasteiger partial charge in [0.1, 0.15) is 6.54 Å². The van der Waals surface area contributed by atoms with E-state index in [1.807, 2.05) is 24.3 Å². The fraction of sp³-hybridized carbons (Fsp3) is 0.222. The smallest absolute Gasteiger partial charge is 0.107 e. The standard InChI is InChI=1S/C9H10N4/c10-5-7-1-3-8(4-2-7)9-6-11-13-12-9/h1-4H,5-6,10H2. The number of nitrogens with two attached hydrogens (primary N) is 1. The Labute approximate surface area is 76.2 Å². The fourth-order valence-electron chi connectivity index (χ4n) is 1.20. The van der Waals surface area contributed by atoms with Crippen molar-refractivity contribution < 1.29 is 0 Å². The van der Waals surface area contributed by atoms with E-state index in [2.05, 4.69) is 15.4 Å². The lowest BCUT2D eigenvalue weighted by atomic mass is 10.1. The first-order chi connectivity index (χ1) is 6.40. The van der Waals surface area contributed by atoms with Crippen LogP contribution in [0.3, 0.4) is 0 Å². The topological polar surface area (TPSA) is 63.1 Å². The minimum atomic E-state index is 0.571. The molecule has 0 bridgehead atoms. The number of hydrogen-bond acceptors (Lipinski definition) is 4. The number of hydrogen-bond donors (Lipinski definition) is 1. The molecule has 0 saturated heterocycles. The molecular formula is C9H10N4. The molecule has 0 aliphatic carbocycles. The van der Waals surface area contributed by atoms with Crippen molar-refractivity contribution in [3.05, 3.63) is 35.4 Å². The molecule has 13 heavy (non-hydrogen) atoms. The first kappa shape index (κ1) is 8.07. The van der Waals surface area contributed by atoms with Crippen LogP contribution in [-0.4, -0.2) is 12.3 Å².